The van der Waals surface area contributed by atoms with E-state index in [1.54, 1.807) is 24.3 Å². The molecule has 3 rings (SSSR count). The van der Waals surface area contributed by atoms with Crippen LogP contribution in [0.1, 0.15) is 44.1 Å². The van der Waals surface area contributed by atoms with Gasteiger partial charge in [-0.1, -0.05) is 25.0 Å². The number of rotatable bonds is 5. The molecule has 0 aliphatic heterocycles. The van der Waals surface area contributed by atoms with Crippen LogP contribution in [0.15, 0.2) is 30.3 Å². The van der Waals surface area contributed by atoms with Gasteiger partial charge in [-0.25, -0.2) is 0 Å². The molecule has 22 heavy (non-hydrogen) atoms. The van der Waals surface area contributed by atoms with E-state index in [2.05, 4.69) is 0 Å². The molecule has 0 aromatic heterocycles. The summed E-state index contributed by atoms with van der Waals surface area (Å²) in [6.45, 7) is 0. The molecule has 116 valence electrons. The fraction of sp³-hybridized carbons (Fsp3) is 0.471. The van der Waals surface area contributed by atoms with Gasteiger partial charge in [0.05, 0.1) is 4.92 Å². The Balaban J connectivity index is 1.71. The van der Waals surface area contributed by atoms with Crippen molar-refractivity contribution in [2.45, 2.75) is 50.6 Å². The molecule has 2 aliphatic carbocycles. The zero-order valence-electron chi connectivity index (χ0n) is 12.5. The highest BCUT2D eigenvalue weighted by molar-refractivity contribution is 5.92. The maximum Gasteiger partial charge on any atom is 0.270 e. The van der Waals surface area contributed by atoms with Gasteiger partial charge in [0.1, 0.15) is 0 Å². The summed E-state index contributed by atoms with van der Waals surface area (Å²) in [5.74, 6) is 0.0425. The van der Waals surface area contributed by atoms with Crippen LogP contribution in [0.5, 0.6) is 0 Å². The standard InChI is InChI=1S/C17H20N2O3/c20-17(18(15-9-10-15)14-5-1-2-6-14)11-8-13-4-3-7-16(12-13)19(21)22/h3-4,7-8,11-12,14-15H,1-2,5-6,9-10H2/b11-8+. The maximum atomic E-state index is 12.5. The first-order valence-electron chi connectivity index (χ1n) is 7.90. The first kappa shape index (κ1) is 14.8. The van der Waals surface area contributed by atoms with Crippen molar-refractivity contribution < 1.29 is 9.72 Å². The molecule has 1 aromatic carbocycles. The van der Waals surface area contributed by atoms with Crippen LogP contribution in [0.2, 0.25) is 0 Å². The van der Waals surface area contributed by atoms with Gasteiger partial charge in [-0.15, -0.1) is 0 Å². The van der Waals surface area contributed by atoms with Crippen LogP contribution in [-0.4, -0.2) is 27.8 Å². The molecule has 5 nitrogen and oxygen atoms in total. The summed E-state index contributed by atoms with van der Waals surface area (Å²) in [6.07, 6.45) is 10.1. The molecular formula is C17H20N2O3. The highest BCUT2D eigenvalue weighted by Gasteiger charge is 2.37. The third kappa shape index (κ3) is 3.35. The topological polar surface area (TPSA) is 63.4 Å². The largest absolute Gasteiger partial charge is 0.333 e. The van der Waals surface area contributed by atoms with Crippen molar-refractivity contribution in [1.82, 2.24) is 4.90 Å². The van der Waals surface area contributed by atoms with Gasteiger partial charge in [0.25, 0.3) is 5.69 Å². The van der Waals surface area contributed by atoms with Crippen molar-refractivity contribution in [1.29, 1.82) is 0 Å². The number of benzene rings is 1. The van der Waals surface area contributed by atoms with Crippen LogP contribution < -0.4 is 0 Å². The Hall–Kier alpha value is -2.17. The Morgan fingerprint density at radius 2 is 1.86 bits per heavy atom. The van der Waals surface area contributed by atoms with Gasteiger partial charge < -0.3 is 4.90 Å². The molecule has 0 heterocycles. The lowest BCUT2D eigenvalue weighted by molar-refractivity contribution is -0.384. The predicted molar refractivity (Wildman–Crippen MR) is 84.3 cm³/mol. The second kappa shape index (κ2) is 6.30. The molecule has 0 atom stereocenters. The fourth-order valence-electron chi connectivity index (χ4n) is 3.19. The fourth-order valence-corrected chi connectivity index (χ4v) is 3.19. The number of nitro groups is 1. The van der Waals surface area contributed by atoms with Crippen LogP contribution in [0.3, 0.4) is 0 Å². The number of hydrogen-bond acceptors (Lipinski definition) is 3. The van der Waals surface area contributed by atoms with Crippen molar-refractivity contribution in [3.8, 4) is 0 Å². The highest BCUT2D eigenvalue weighted by atomic mass is 16.6. The molecule has 0 unspecified atom stereocenters. The minimum atomic E-state index is -0.422. The minimum absolute atomic E-state index is 0.0425. The Labute approximate surface area is 129 Å². The average Bonchev–Trinajstić information content (AvgIpc) is 3.20. The van der Waals surface area contributed by atoms with Crippen LogP contribution in [0.4, 0.5) is 5.69 Å². The summed E-state index contributed by atoms with van der Waals surface area (Å²) in [5, 5.41) is 10.8. The lowest BCUT2D eigenvalue weighted by Gasteiger charge is -2.27. The number of hydrogen-bond donors (Lipinski definition) is 0. The maximum absolute atomic E-state index is 12.5. The Morgan fingerprint density at radius 1 is 1.18 bits per heavy atom. The first-order valence-corrected chi connectivity index (χ1v) is 7.90. The number of non-ortho nitro benzene ring substituents is 1. The van der Waals surface area contributed by atoms with Gasteiger partial charge in [-0.05, 0) is 37.3 Å². The summed E-state index contributed by atoms with van der Waals surface area (Å²) in [7, 11) is 0. The lowest BCUT2D eigenvalue weighted by Crippen LogP contribution is -2.39. The summed E-state index contributed by atoms with van der Waals surface area (Å²) < 4.78 is 0. The van der Waals surface area contributed by atoms with Gasteiger partial charge in [0.2, 0.25) is 5.91 Å². The van der Waals surface area contributed by atoms with Gasteiger partial charge in [0.15, 0.2) is 0 Å². The summed E-state index contributed by atoms with van der Waals surface area (Å²) >= 11 is 0. The van der Waals surface area contributed by atoms with Crippen molar-refractivity contribution in [2.24, 2.45) is 0 Å². The summed E-state index contributed by atoms with van der Waals surface area (Å²) in [6, 6.07) is 7.14. The molecular weight excluding hydrogens is 280 g/mol. The van der Waals surface area contributed by atoms with Crippen molar-refractivity contribution >= 4 is 17.7 Å². The molecule has 2 saturated carbocycles. The van der Waals surface area contributed by atoms with Gasteiger partial charge in [0, 0.05) is 30.3 Å². The molecule has 5 heteroatoms. The molecule has 0 radical (unpaired) electrons. The quantitative estimate of drug-likeness (QED) is 0.474. The number of carbonyl (C=O) groups is 1. The Morgan fingerprint density at radius 3 is 2.50 bits per heavy atom. The van der Waals surface area contributed by atoms with E-state index >= 15 is 0 Å². The second-order valence-electron chi connectivity index (χ2n) is 6.10. The highest BCUT2D eigenvalue weighted by Crippen LogP contribution is 2.34. The van der Waals surface area contributed by atoms with Crippen molar-refractivity contribution in [2.75, 3.05) is 0 Å². The zero-order chi connectivity index (χ0) is 15.5. The zero-order valence-corrected chi connectivity index (χ0v) is 12.5. The van der Waals surface area contributed by atoms with Gasteiger partial charge in [-0.3, -0.25) is 14.9 Å². The summed E-state index contributed by atoms with van der Waals surface area (Å²) in [4.78, 5) is 24.9. The van der Waals surface area contributed by atoms with E-state index < -0.39 is 4.92 Å². The number of carbonyl (C=O) groups excluding carboxylic acids is 1. The van der Waals surface area contributed by atoms with E-state index in [-0.39, 0.29) is 11.6 Å². The first-order chi connectivity index (χ1) is 10.6. The van der Waals surface area contributed by atoms with E-state index in [0.717, 1.165) is 25.7 Å². The minimum Gasteiger partial charge on any atom is -0.333 e. The van der Waals surface area contributed by atoms with Gasteiger partial charge in [-0.2, -0.15) is 0 Å². The lowest BCUT2D eigenvalue weighted by atomic mass is 10.1. The molecule has 1 amide bonds. The predicted octanol–water partition coefficient (Wildman–Crippen LogP) is 3.54. The third-order valence-electron chi connectivity index (χ3n) is 4.41. The molecule has 1 aromatic rings. The SMILES string of the molecule is O=C(/C=C/c1cccc([N+](=O)[O-])c1)N(C1CCCC1)C1CC1. The molecule has 0 N–H and O–H groups in total. The number of nitrogens with zero attached hydrogens (tertiary/aromatic N) is 2. The second-order valence-corrected chi connectivity index (χ2v) is 6.10. The molecule has 2 aliphatic rings. The van der Waals surface area contributed by atoms with Crippen LogP contribution >= 0.6 is 0 Å². The van der Waals surface area contributed by atoms with Crippen LogP contribution in [-0.2, 0) is 4.79 Å². The van der Waals surface area contributed by atoms with E-state index in [0.29, 0.717) is 17.6 Å². The molecule has 0 spiro atoms. The van der Waals surface area contributed by atoms with Crippen molar-refractivity contribution in [3.05, 3.63) is 46.0 Å². The summed E-state index contributed by atoms with van der Waals surface area (Å²) in [5.41, 5.74) is 0.731. The van der Waals surface area contributed by atoms with E-state index in [1.807, 2.05) is 4.90 Å². The van der Waals surface area contributed by atoms with E-state index in [9.17, 15) is 14.9 Å². The Kier molecular flexibility index (Phi) is 4.22. The average molecular weight is 300 g/mol. The van der Waals surface area contributed by atoms with E-state index in [4.69, 9.17) is 0 Å². The molecule has 0 bridgehead atoms. The number of amides is 1. The normalized spacial score (nSPS) is 18.7. The van der Waals surface area contributed by atoms with Crippen LogP contribution in [0.25, 0.3) is 6.08 Å². The van der Waals surface area contributed by atoms with Crippen molar-refractivity contribution in [3.63, 3.8) is 0 Å². The van der Waals surface area contributed by atoms with Gasteiger partial charge >= 0.3 is 0 Å². The van der Waals surface area contributed by atoms with Crippen LogP contribution in [0, 0.1) is 10.1 Å². The third-order valence-corrected chi connectivity index (χ3v) is 4.41. The Bertz CT molecular complexity index is 602. The monoisotopic (exact) mass is 300 g/mol. The van der Waals surface area contributed by atoms with E-state index in [1.165, 1.54) is 25.0 Å². The number of nitro benzene ring substituents is 1. The smallest absolute Gasteiger partial charge is 0.270 e. The molecule has 2 fully saturated rings. The molecule has 0 saturated heterocycles.